The maximum Gasteiger partial charge on any atom is 0.223 e. The predicted octanol–water partition coefficient (Wildman–Crippen LogP) is 3.09. The smallest absolute Gasteiger partial charge is 0.223 e. The second kappa shape index (κ2) is 6.73. The Balaban J connectivity index is 1.93. The van der Waals surface area contributed by atoms with Crippen LogP contribution < -0.4 is 11.1 Å². The van der Waals surface area contributed by atoms with Crippen LogP contribution in [0.4, 0.5) is 0 Å². The molecule has 104 valence electrons. The molecule has 0 saturated heterocycles. The third kappa shape index (κ3) is 3.71. The lowest BCUT2D eigenvalue weighted by Crippen LogP contribution is -2.34. The van der Waals surface area contributed by atoms with Gasteiger partial charge in [-0.2, -0.15) is 0 Å². The van der Waals surface area contributed by atoms with Gasteiger partial charge in [0.25, 0.3) is 0 Å². The van der Waals surface area contributed by atoms with Crippen molar-refractivity contribution in [1.29, 1.82) is 0 Å². The van der Waals surface area contributed by atoms with Gasteiger partial charge in [-0.1, -0.05) is 40.0 Å². The summed E-state index contributed by atoms with van der Waals surface area (Å²) >= 11 is 9.49. The summed E-state index contributed by atoms with van der Waals surface area (Å²) in [5, 5.41) is 3.63. The van der Waals surface area contributed by atoms with E-state index in [0.717, 1.165) is 29.3 Å². The van der Waals surface area contributed by atoms with Gasteiger partial charge in [-0.15, -0.1) is 0 Å². The first kappa shape index (κ1) is 14.8. The summed E-state index contributed by atoms with van der Waals surface area (Å²) in [4.78, 5) is 12.1. The zero-order valence-electron chi connectivity index (χ0n) is 10.7. The van der Waals surface area contributed by atoms with Crippen LogP contribution in [0.5, 0.6) is 0 Å². The molecule has 1 aliphatic carbocycles. The van der Waals surface area contributed by atoms with Crippen molar-refractivity contribution >= 4 is 33.4 Å². The topological polar surface area (TPSA) is 55.1 Å². The highest BCUT2D eigenvalue weighted by Crippen LogP contribution is 2.31. The van der Waals surface area contributed by atoms with Gasteiger partial charge in [0.05, 0.1) is 0 Å². The van der Waals surface area contributed by atoms with Crippen LogP contribution in [0.1, 0.15) is 24.8 Å². The summed E-state index contributed by atoms with van der Waals surface area (Å²) in [5.41, 5.74) is 6.63. The summed E-state index contributed by atoms with van der Waals surface area (Å²) in [6, 6.07) is 5.68. The normalized spacial score (nSPS) is 22.5. The van der Waals surface area contributed by atoms with Crippen LogP contribution in [0.25, 0.3) is 0 Å². The summed E-state index contributed by atoms with van der Waals surface area (Å²) < 4.78 is 0.937. The van der Waals surface area contributed by atoms with Crippen LogP contribution in [0.15, 0.2) is 22.7 Å². The van der Waals surface area contributed by atoms with E-state index in [1.807, 2.05) is 18.2 Å². The number of carbonyl (C=O) groups is 1. The summed E-state index contributed by atoms with van der Waals surface area (Å²) in [5.74, 6) is 0.506. The monoisotopic (exact) mass is 344 g/mol. The van der Waals surface area contributed by atoms with E-state index >= 15 is 0 Å². The quantitative estimate of drug-likeness (QED) is 0.881. The fraction of sp³-hybridized carbons (Fsp3) is 0.500. The molecule has 1 fully saturated rings. The van der Waals surface area contributed by atoms with Crippen LogP contribution in [-0.2, 0) is 11.3 Å². The molecule has 0 aliphatic heterocycles. The van der Waals surface area contributed by atoms with Gasteiger partial charge >= 0.3 is 0 Å². The molecule has 2 rings (SSSR count). The van der Waals surface area contributed by atoms with E-state index in [0.29, 0.717) is 24.0 Å². The maximum absolute atomic E-state index is 12.1. The Hall–Kier alpha value is -0.580. The van der Waals surface area contributed by atoms with Gasteiger partial charge in [-0.05, 0) is 43.0 Å². The number of hydrogen-bond acceptors (Lipinski definition) is 2. The van der Waals surface area contributed by atoms with Gasteiger partial charge in [0.1, 0.15) is 0 Å². The van der Waals surface area contributed by atoms with E-state index in [2.05, 4.69) is 21.2 Å². The molecule has 1 aliphatic rings. The van der Waals surface area contributed by atoms with Crippen molar-refractivity contribution in [1.82, 2.24) is 5.32 Å². The molecule has 3 N–H and O–H groups in total. The van der Waals surface area contributed by atoms with Crippen molar-refractivity contribution in [2.45, 2.75) is 25.8 Å². The molecule has 1 saturated carbocycles. The molecular weight excluding hydrogens is 328 g/mol. The largest absolute Gasteiger partial charge is 0.352 e. The highest BCUT2D eigenvalue weighted by Gasteiger charge is 2.31. The number of rotatable bonds is 4. The molecule has 0 heterocycles. The van der Waals surface area contributed by atoms with Crippen molar-refractivity contribution < 1.29 is 4.79 Å². The van der Waals surface area contributed by atoms with Crippen molar-refractivity contribution in [3.05, 3.63) is 33.3 Å². The predicted molar refractivity (Wildman–Crippen MR) is 80.9 cm³/mol. The van der Waals surface area contributed by atoms with Crippen molar-refractivity contribution in [2.75, 3.05) is 6.54 Å². The Morgan fingerprint density at radius 2 is 2.26 bits per heavy atom. The molecule has 3 nitrogen and oxygen atoms in total. The van der Waals surface area contributed by atoms with Crippen molar-refractivity contribution in [2.24, 2.45) is 17.6 Å². The van der Waals surface area contributed by atoms with Gasteiger partial charge < -0.3 is 11.1 Å². The third-order valence-corrected chi connectivity index (χ3v) is 4.61. The minimum Gasteiger partial charge on any atom is -0.352 e. The van der Waals surface area contributed by atoms with E-state index in [4.69, 9.17) is 17.3 Å². The lowest BCUT2D eigenvalue weighted by Gasteiger charge is -2.17. The van der Waals surface area contributed by atoms with Crippen LogP contribution in [0.2, 0.25) is 5.02 Å². The van der Waals surface area contributed by atoms with E-state index in [9.17, 15) is 4.79 Å². The van der Waals surface area contributed by atoms with E-state index < -0.39 is 0 Å². The summed E-state index contributed by atoms with van der Waals surface area (Å²) in [7, 11) is 0. The number of amides is 1. The molecule has 2 atom stereocenters. The zero-order valence-corrected chi connectivity index (χ0v) is 13.0. The van der Waals surface area contributed by atoms with Crippen molar-refractivity contribution in [3.8, 4) is 0 Å². The molecule has 1 aromatic rings. The highest BCUT2D eigenvalue weighted by atomic mass is 79.9. The maximum atomic E-state index is 12.1. The number of carbonyl (C=O) groups excluding carboxylic acids is 1. The first-order chi connectivity index (χ1) is 9.11. The van der Waals surface area contributed by atoms with Crippen LogP contribution in [0, 0.1) is 11.8 Å². The second-order valence-electron chi connectivity index (χ2n) is 4.99. The van der Waals surface area contributed by atoms with Crippen LogP contribution >= 0.6 is 27.5 Å². The fourth-order valence-electron chi connectivity index (χ4n) is 2.64. The highest BCUT2D eigenvalue weighted by molar-refractivity contribution is 9.10. The number of benzene rings is 1. The van der Waals surface area contributed by atoms with Gasteiger partial charge in [0, 0.05) is 22.0 Å². The molecule has 5 heteroatoms. The summed E-state index contributed by atoms with van der Waals surface area (Å²) in [6.45, 7) is 1.07. The molecular formula is C14H18BrClN2O. The Morgan fingerprint density at radius 3 is 2.95 bits per heavy atom. The summed E-state index contributed by atoms with van der Waals surface area (Å²) in [6.07, 6.45) is 3.11. The Labute approximate surface area is 127 Å². The SMILES string of the molecule is NC[C@H]1CCC[C@H]1C(=O)NCc1ccc(Br)cc1Cl. The Morgan fingerprint density at radius 1 is 1.47 bits per heavy atom. The molecule has 0 unspecified atom stereocenters. The van der Waals surface area contributed by atoms with Gasteiger partial charge in [0.15, 0.2) is 0 Å². The van der Waals surface area contributed by atoms with E-state index in [1.54, 1.807) is 0 Å². The average Bonchev–Trinajstić information content (AvgIpc) is 2.85. The number of halogens is 2. The van der Waals surface area contributed by atoms with Crippen molar-refractivity contribution in [3.63, 3.8) is 0 Å². The molecule has 0 aromatic heterocycles. The first-order valence-corrected chi connectivity index (χ1v) is 7.70. The third-order valence-electron chi connectivity index (χ3n) is 3.77. The Kier molecular flexibility index (Phi) is 5.25. The minimum absolute atomic E-state index is 0.0687. The second-order valence-corrected chi connectivity index (χ2v) is 6.31. The number of hydrogen-bond donors (Lipinski definition) is 2. The minimum atomic E-state index is 0.0687. The van der Waals surface area contributed by atoms with Gasteiger partial charge in [-0.3, -0.25) is 4.79 Å². The standard InChI is InChI=1S/C14H18BrClN2O/c15-11-5-4-10(13(16)6-11)8-18-14(19)12-3-1-2-9(12)7-17/h4-6,9,12H,1-3,7-8,17H2,(H,18,19)/t9-,12-/m1/s1. The Bertz CT molecular complexity index is 467. The molecule has 0 radical (unpaired) electrons. The van der Waals surface area contributed by atoms with Crippen LogP contribution in [-0.4, -0.2) is 12.5 Å². The first-order valence-electron chi connectivity index (χ1n) is 6.53. The van der Waals surface area contributed by atoms with E-state index in [-0.39, 0.29) is 11.8 Å². The zero-order chi connectivity index (χ0) is 13.8. The number of nitrogens with one attached hydrogen (secondary N) is 1. The van der Waals surface area contributed by atoms with Gasteiger partial charge in [0.2, 0.25) is 5.91 Å². The average molecular weight is 346 g/mol. The van der Waals surface area contributed by atoms with Crippen LogP contribution in [0.3, 0.4) is 0 Å². The lowest BCUT2D eigenvalue weighted by atomic mass is 9.95. The molecule has 19 heavy (non-hydrogen) atoms. The molecule has 1 aromatic carbocycles. The number of nitrogens with two attached hydrogens (primary N) is 1. The lowest BCUT2D eigenvalue weighted by molar-refractivity contribution is -0.126. The molecule has 1 amide bonds. The molecule has 0 bridgehead atoms. The fourth-order valence-corrected chi connectivity index (χ4v) is 3.38. The van der Waals surface area contributed by atoms with E-state index in [1.165, 1.54) is 0 Å². The van der Waals surface area contributed by atoms with Gasteiger partial charge in [-0.25, -0.2) is 0 Å². The molecule has 0 spiro atoms.